The number of carbonyl (C=O) groups excluding carboxylic acids is 2. The largest absolute Gasteiger partial charge is 0.488 e. The molecule has 2 aliphatic heterocycles. The normalized spacial score (nSPS) is 17.4. The van der Waals surface area contributed by atoms with E-state index >= 15 is 0 Å². The summed E-state index contributed by atoms with van der Waals surface area (Å²) in [7, 11) is 0. The molecule has 1 saturated heterocycles. The summed E-state index contributed by atoms with van der Waals surface area (Å²) in [5, 5.41) is 11.9. The van der Waals surface area contributed by atoms with Crippen LogP contribution in [0.2, 0.25) is 0 Å². The summed E-state index contributed by atoms with van der Waals surface area (Å²) in [6.45, 7) is -0.00409. The van der Waals surface area contributed by atoms with Crippen molar-refractivity contribution in [2.24, 2.45) is 5.92 Å². The number of carbonyl (C=O) groups is 2. The number of imide groups is 1. The fourth-order valence-electron chi connectivity index (χ4n) is 5.24. The topological polar surface area (TPSA) is 93.0 Å². The van der Waals surface area contributed by atoms with Crippen molar-refractivity contribution in [3.8, 4) is 5.75 Å². The summed E-state index contributed by atoms with van der Waals surface area (Å²) < 4.78 is 49.0. The Morgan fingerprint density at radius 3 is 2.21 bits per heavy atom. The van der Waals surface area contributed by atoms with Crippen LogP contribution < -0.4 is 9.64 Å². The van der Waals surface area contributed by atoms with Crippen molar-refractivity contribution >= 4 is 23.2 Å². The molecule has 39 heavy (non-hydrogen) atoms. The van der Waals surface area contributed by atoms with Crippen LogP contribution in [0.4, 0.5) is 24.5 Å². The maximum atomic E-state index is 14.5. The fourth-order valence-corrected chi connectivity index (χ4v) is 5.24. The first-order valence-corrected chi connectivity index (χ1v) is 12.4. The molecule has 0 aromatic heterocycles. The van der Waals surface area contributed by atoms with Gasteiger partial charge in [-0.1, -0.05) is 42.5 Å². The van der Waals surface area contributed by atoms with Gasteiger partial charge in [0.1, 0.15) is 23.6 Å². The number of nitro groups is 1. The van der Waals surface area contributed by atoms with E-state index in [9.17, 15) is 32.9 Å². The number of rotatable bonds is 7. The summed E-state index contributed by atoms with van der Waals surface area (Å²) in [6.07, 6.45) is -3.97. The summed E-state index contributed by atoms with van der Waals surface area (Å²) in [4.78, 5) is 39.2. The van der Waals surface area contributed by atoms with E-state index < -0.39 is 45.6 Å². The molecule has 2 heterocycles. The molecule has 2 amide bonds. The molecule has 0 bridgehead atoms. The van der Waals surface area contributed by atoms with Crippen molar-refractivity contribution in [2.45, 2.75) is 25.6 Å². The number of alkyl halides is 3. The van der Waals surface area contributed by atoms with E-state index in [0.717, 1.165) is 17.0 Å². The smallest absolute Gasteiger partial charge is 0.422 e. The first-order valence-electron chi connectivity index (χ1n) is 12.4. The summed E-state index contributed by atoms with van der Waals surface area (Å²) in [6, 6.07) is 17.1. The number of ether oxygens (including phenoxy) is 1. The van der Waals surface area contributed by atoms with Crippen LogP contribution in [0.3, 0.4) is 0 Å². The van der Waals surface area contributed by atoms with Gasteiger partial charge in [-0.05, 0) is 42.5 Å². The van der Waals surface area contributed by atoms with E-state index in [2.05, 4.69) is 0 Å². The zero-order valence-electron chi connectivity index (χ0n) is 20.7. The Labute approximate surface area is 221 Å². The van der Waals surface area contributed by atoms with Gasteiger partial charge in [-0.3, -0.25) is 24.6 Å². The van der Waals surface area contributed by atoms with E-state index in [1.165, 1.54) is 4.90 Å². The Hall–Kier alpha value is -4.41. The minimum absolute atomic E-state index is 0.000532. The lowest BCUT2D eigenvalue weighted by Crippen LogP contribution is -2.43. The van der Waals surface area contributed by atoms with Gasteiger partial charge in [0.15, 0.2) is 0 Å². The number of hydrogen-bond acceptors (Lipinski definition) is 6. The summed E-state index contributed by atoms with van der Waals surface area (Å²) in [5.41, 5.74) is -1.25. The van der Waals surface area contributed by atoms with Gasteiger partial charge in [-0.25, -0.2) is 0 Å². The highest BCUT2D eigenvalue weighted by Gasteiger charge is 2.44. The minimum Gasteiger partial charge on any atom is -0.488 e. The molecular formula is C28H24F3N3O5. The number of amides is 2. The zero-order chi connectivity index (χ0) is 27.7. The number of anilines is 1. The van der Waals surface area contributed by atoms with Crippen LogP contribution in [0.15, 0.2) is 66.7 Å². The predicted molar refractivity (Wildman–Crippen MR) is 136 cm³/mol. The number of hydrogen-bond donors (Lipinski definition) is 0. The highest BCUT2D eigenvalue weighted by Crippen LogP contribution is 2.48. The van der Waals surface area contributed by atoms with Crippen molar-refractivity contribution in [1.29, 1.82) is 0 Å². The van der Waals surface area contributed by atoms with Gasteiger partial charge in [-0.2, -0.15) is 13.2 Å². The Morgan fingerprint density at radius 1 is 0.949 bits per heavy atom. The van der Waals surface area contributed by atoms with E-state index in [4.69, 9.17) is 4.74 Å². The van der Waals surface area contributed by atoms with E-state index in [1.807, 2.05) is 0 Å². The Balaban J connectivity index is 1.45. The minimum atomic E-state index is -4.94. The molecule has 2 aliphatic rings. The monoisotopic (exact) mass is 539 g/mol. The Bertz CT molecular complexity index is 1390. The van der Waals surface area contributed by atoms with E-state index in [0.29, 0.717) is 18.4 Å². The number of fused-ring (bicyclic) bond motifs is 1. The van der Waals surface area contributed by atoms with Gasteiger partial charge >= 0.3 is 6.18 Å². The third-order valence-corrected chi connectivity index (χ3v) is 6.99. The number of nitro benzene ring substituents is 1. The highest BCUT2D eigenvalue weighted by atomic mass is 19.4. The molecule has 11 heteroatoms. The molecule has 0 radical (unpaired) electrons. The Morgan fingerprint density at radius 2 is 1.59 bits per heavy atom. The van der Waals surface area contributed by atoms with Crippen LogP contribution in [-0.2, 0) is 12.8 Å². The molecular weight excluding hydrogens is 515 g/mol. The lowest BCUT2D eigenvalue weighted by atomic mass is 9.95. The second-order valence-electron chi connectivity index (χ2n) is 9.56. The molecule has 3 aromatic carbocycles. The van der Waals surface area contributed by atoms with Crippen LogP contribution >= 0.6 is 0 Å². The molecule has 202 valence electrons. The molecule has 0 spiro atoms. The molecule has 8 nitrogen and oxygen atoms in total. The Kier molecular flexibility index (Phi) is 6.98. The summed E-state index contributed by atoms with van der Waals surface area (Å²) in [5.74, 6) is -1.79. The van der Waals surface area contributed by atoms with Crippen LogP contribution in [0.1, 0.15) is 44.7 Å². The molecule has 0 N–H and O–H groups in total. The maximum Gasteiger partial charge on any atom is 0.422 e. The second kappa shape index (κ2) is 10.4. The molecule has 1 atom stereocenters. The first kappa shape index (κ1) is 26.2. The van der Waals surface area contributed by atoms with E-state index in [-0.39, 0.29) is 43.3 Å². The SMILES string of the molecule is O=C1c2ccccc2C(=O)N1C[C@@H]1CCCN(c2c([N+](=O)[O-])ccc(OCc3ccccc3)c2C(F)(F)F)C1. The second-order valence-corrected chi connectivity index (χ2v) is 9.56. The summed E-state index contributed by atoms with van der Waals surface area (Å²) >= 11 is 0. The molecule has 0 saturated carbocycles. The maximum absolute atomic E-state index is 14.5. The molecule has 0 unspecified atom stereocenters. The lowest BCUT2D eigenvalue weighted by molar-refractivity contribution is -0.384. The van der Waals surface area contributed by atoms with Crippen LogP contribution in [0.5, 0.6) is 5.75 Å². The fraction of sp³-hybridized carbons (Fsp3) is 0.286. The van der Waals surface area contributed by atoms with Crippen LogP contribution in [-0.4, -0.2) is 41.3 Å². The highest BCUT2D eigenvalue weighted by molar-refractivity contribution is 6.21. The van der Waals surface area contributed by atoms with Crippen molar-refractivity contribution in [3.63, 3.8) is 0 Å². The molecule has 5 rings (SSSR count). The average Bonchev–Trinajstić information content (AvgIpc) is 3.16. The van der Waals surface area contributed by atoms with Gasteiger partial charge < -0.3 is 9.64 Å². The molecule has 0 aliphatic carbocycles. The molecule has 3 aromatic rings. The number of benzene rings is 3. The van der Waals surface area contributed by atoms with Gasteiger partial charge in [-0.15, -0.1) is 0 Å². The first-order chi connectivity index (χ1) is 18.6. The van der Waals surface area contributed by atoms with Crippen LogP contribution in [0, 0.1) is 16.0 Å². The van der Waals surface area contributed by atoms with Gasteiger partial charge in [0.2, 0.25) is 0 Å². The number of halogens is 3. The third kappa shape index (κ3) is 5.16. The average molecular weight is 540 g/mol. The van der Waals surface area contributed by atoms with Gasteiger partial charge in [0.05, 0.1) is 16.1 Å². The standard InChI is InChI=1S/C28H24F3N3O5/c29-28(30,31)24-23(39-17-18-7-2-1-3-8-18)13-12-22(34(37)38)25(24)32-14-6-9-19(15-32)16-33-26(35)20-10-4-5-11-21(20)27(33)36/h1-5,7-8,10-13,19H,6,9,14-17H2/t19-/m1/s1. The van der Waals surface area contributed by atoms with Crippen molar-refractivity contribution in [2.75, 3.05) is 24.5 Å². The predicted octanol–water partition coefficient (Wildman–Crippen LogP) is 5.71. The molecule has 1 fully saturated rings. The lowest BCUT2D eigenvalue weighted by Gasteiger charge is -2.36. The van der Waals surface area contributed by atoms with E-state index in [1.54, 1.807) is 54.6 Å². The number of piperidine rings is 1. The number of nitrogens with zero attached hydrogens (tertiary/aromatic N) is 3. The van der Waals surface area contributed by atoms with Crippen molar-refractivity contribution < 1.29 is 32.4 Å². The quantitative estimate of drug-likeness (QED) is 0.217. The van der Waals surface area contributed by atoms with Crippen molar-refractivity contribution in [1.82, 2.24) is 4.90 Å². The van der Waals surface area contributed by atoms with Crippen molar-refractivity contribution in [3.05, 3.63) is 99.1 Å². The third-order valence-electron chi connectivity index (χ3n) is 6.99. The van der Waals surface area contributed by atoms with Gasteiger partial charge in [0, 0.05) is 25.7 Å². The van der Waals surface area contributed by atoms with Gasteiger partial charge in [0.25, 0.3) is 17.5 Å². The zero-order valence-corrected chi connectivity index (χ0v) is 20.7. The van der Waals surface area contributed by atoms with Crippen LogP contribution in [0.25, 0.3) is 0 Å².